The third kappa shape index (κ3) is 3.11. The summed E-state index contributed by atoms with van der Waals surface area (Å²) in [5, 5.41) is 22.2. The summed E-state index contributed by atoms with van der Waals surface area (Å²) in [7, 11) is 0. The monoisotopic (exact) mass is 237 g/mol. The first-order valence-electron chi connectivity index (χ1n) is 6.02. The molecule has 0 amide bonds. The van der Waals surface area contributed by atoms with E-state index in [4.69, 9.17) is 4.74 Å². The van der Waals surface area contributed by atoms with Gasteiger partial charge in [-0.25, -0.2) is 0 Å². The molecule has 0 radical (unpaired) electrons. The van der Waals surface area contributed by atoms with Crippen LogP contribution in [-0.4, -0.2) is 29.0 Å². The average Bonchev–Trinajstić information content (AvgIpc) is 2.81. The first-order chi connectivity index (χ1) is 8.16. The van der Waals surface area contributed by atoms with E-state index in [1.807, 2.05) is 0 Å². The summed E-state index contributed by atoms with van der Waals surface area (Å²) >= 11 is 0. The molecule has 1 fully saturated rings. The van der Waals surface area contributed by atoms with Crippen LogP contribution in [0.4, 0.5) is 0 Å². The van der Waals surface area contributed by atoms with Crippen LogP contribution in [0, 0.1) is 0 Å². The van der Waals surface area contributed by atoms with Crippen molar-refractivity contribution < 1.29 is 14.9 Å². The van der Waals surface area contributed by atoms with Gasteiger partial charge in [-0.2, -0.15) is 0 Å². The SMILES string of the molecule is CC(NCc1ccc(O)cc1O)C1CCCO1. The van der Waals surface area contributed by atoms with Crippen LogP contribution in [0.15, 0.2) is 18.2 Å². The largest absolute Gasteiger partial charge is 0.508 e. The highest BCUT2D eigenvalue weighted by Crippen LogP contribution is 2.23. The van der Waals surface area contributed by atoms with Crippen LogP contribution in [0.3, 0.4) is 0 Å². The second-order valence-corrected chi connectivity index (χ2v) is 4.53. The highest BCUT2D eigenvalue weighted by atomic mass is 16.5. The molecule has 4 heteroatoms. The Morgan fingerprint density at radius 3 is 2.94 bits per heavy atom. The highest BCUT2D eigenvalue weighted by molar-refractivity contribution is 5.38. The number of aromatic hydroxyl groups is 2. The molecule has 1 aliphatic heterocycles. The summed E-state index contributed by atoms with van der Waals surface area (Å²) in [5.74, 6) is 0.204. The molecule has 1 aliphatic rings. The summed E-state index contributed by atoms with van der Waals surface area (Å²) in [6.07, 6.45) is 2.49. The van der Waals surface area contributed by atoms with Crippen LogP contribution in [0.1, 0.15) is 25.3 Å². The molecule has 0 aromatic heterocycles. The standard InChI is InChI=1S/C13H19NO3/c1-9(13-3-2-6-17-13)14-8-10-4-5-11(15)7-12(10)16/h4-5,7,9,13-16H,2-3,6,8H2,1H3. The van der Waals surface area contributed by atoms with Crippen LogP contribution in [0.5, 0.6) is 11.5 Å². The second-order valence-electron chi connectivity index (χ2n) is 4.53. The van der Waals surface area contributed by atoms with Crippen molar-refractivity contribution in [2.24, 2.45) is 0 Å². The fraction of sp³-hybridized carbons (Fsp3) is 0.538. The minimum Gasteiger partial charge on any atom is -0.508 e. The van der Waals surface area contributed by atoms with Gasteiger partial charge in [-0.05, 0) is 25.8 Å². The van der Waals surface area contributed by atoms with Crippen molar-refractivity contribution in [3.8, 4) is 11.5 Å². The molecule has 1 aromatic rings. The third-order valence-electron chi connectivity index (χ3n) is 3.21. The zero-order chi connectivity index (χ0) is 12.3. The minimum atomic E-state index is 0.0819. The molecule has 1 saturated heterocycles. The Morgan fingerprint density at radius 1 is 1.47 bits per heavy atom. The number of phenols is 2. The van der Waals surface area contributed by atoms with E-state index >= 15 is 0 Å². The minimum absolute atomic E-state index is 0.0819. The van der Waals surface area contributed by atoms with Crippen molar-refractivity contribution >= 4 is 0 Å². The molecule has 1 heterocycles. The van der Waals surface area contributed by atoms with Gasteiger partial charge < -0.3 is 20.3 Å². The molecule has 0 saturated carbocycles. The van der Waals surface area contributed by atoms with Crippen LogP contribution in [0.25, 0.3) is 0 Å². The van der Waals surface area contributed by atoms with Gasteiger partial charge in [-0.15, -0.1) is 0 Å². The first kappa shape index (κ1) is 12.2. The van der Waals surface area contributed by atoms with Gasteiger partial charge in [0.2, 0.25) is 0 Å². The van der Waals surface area contributed by atoms with E-state index in [9.17, 15) is 10.2 Å². The quantitative estimate of drug-likeness (QED) is 0.746. The number of phenolic OH excluding ortho intramolecular Hbond substituents is 2. The third-order valence-corrected chi connectivity index (χ3v) is 3.21. The number of hydrogen-bond donors (Lipinski definition) is 3. The van der Waals surface area contributed by atoms with Gasteiger partial charge in [0, 0.05) is 30.8 Å². The van der Waals surface area contributed by atoms with Crippen LogP contribution in [0.2, 0.25) is 0 Å². The van der Waals surface area contributed by atoms with E-state index < -0.39 is 0 Å². The summed E-state index contributed by atoms with van der Waals surface area (Å²) in [6, 6.07) is 4.92. The maximum Gasteiger partial charge on any atom is 0.123 e. The van der Waals surface area contributed by atoms with Crippen molar-refractivity contribution in [3.63, 3.8) is 0 Å². The zero-order valence-corrected chi connectivity index (χ0v) is 10.0. The molecule has 94 valence electrons. The molecule has 0 aliphatic carbocycles. The number of nitrogens with one attached hydrogen (secondary N) is 1. The van der Waals surface area contributed by atoms with Crippen molar-refractivity contribution in [2.45, 2.75) is 38.5 Å². The molecule has 0 bridgehead atoms. The van der Waals surface area contributed by atoms with Crippen LogP contribution in [-0.2, 0) is 11.3 Å². The molecule has 2 unspecified atom stereocenters. The number of rotatable bonds is 4. The second kappa shape index (κ2) is 5.38. The Labute approximate surface area is 101 Å². The fourth-order valence-corrected chi connectivity index (χ4v) is 2.10. The highest BCUT2D eigenvalue weighted by Gasteiger charge is 2.21. The van der Waals surface area contributed by atoms with E-state index in [1.165, 1.54) is 6.07 Å². The van der Waals surface area contributed by atoms with E-state index in [0.29, 0.717) is 6.54 Å². The normalized spacial score (nSPS) is 21.6. The van der Waals surface area contributed by atoms with Gasteiger partial charge in [0.15, 0.2) is 0 Å². The Balaban J connectivity index is 1.88. The van der Waals surface area contributed by atoms with Gasteiger partial charge in [-0.1, -0.05) is 6.07 Å². The Morgan fingerprint density at radius 2 is 2.29 bits per heavy atom. The predicted octanol–water partition coefficient (Wildman–Crippen LogP) is 1.75. The zero-order valence-electron chi connectivity index (χ0n) is 10.0. The molecular weight excluding hydrogens is 218 g/mol. The summed E-state index contributed by atoms with van der Waals surface area (Å²) < 4.78 is 5.59. The summed E-state index contributed by atoms with van der Waals surface area (Å²) in [4.78, 5) is 0. The molecule has 4 nitrogen and oxygen atoms in total. The van der Waals surface area contributed by atoms with Crippen molar-refractivity contribution in [1.82, 2.24) is 5.32 Å². The van der Waals surface area contributed by atoms with Gasteiger partial charge in [0.05, 0.1) is 6.10 Å². The Bertz CT molecular complexity index is 375. The molecule has 2 atom stereocenters. The van der Waals surface area contributed by atoms with Gasteiger partial charge in [-0.3, -0.25) is 0 Å². The molecule has 1 aromatic carbocycles. The van der Waals surface area contributed by atoms with Crippen LogP contribution >= 0.6 is 0 Å². The smallest absolute Gasteiger partial charge is 0.123 e. The number of hydrogen-bond acceptors (Lipinski definition) is 4. The van der Waals surface area contributed by atoms with Gasteiger partial charge >= 0.3 is 0 Å². The number of ether oxygens (including phenoxy) is 1. The molecule has 0 spiro atoms. The number of benzene rings is 1. The van der Waals surface area contributed by atoms with E-state index in [1.54, 1.807) is 12.1 Å². The van der Waals surface area contributed by atoms with E-state index in [2.05, 4.69) is 12.2 Å². The fourth-order valence-electron chi connectivity index (χ4n) is 2.10. The first-order valence-corrected chi connectivity index (χ1v) is 6.02. The van der Waals surface area contributed by atoms with Gasteiger partial charge in [0.1, 0.15) is 11.5 Å². The van der Waals surface area contributed by atoms with E-state index in [0.717, 1.165) is 25.0 Å². The van der Waals surface area contributed by atoms with Crippen molar-refractivity contribution in [3.05, 3.63) is 23.8 Å². The van der Waals surface area contributed by atoms with Gasteiger partial charge in [0.25, 0.3) is 0 Å². The average molecular weight is 237 g/mol. The maximum absolute atomic E-state index is 9.64. The lowest BCUT2D eigenvalue weighted by Crippen LogP contribution is -2.36. The summed E-state index contributed by atoms with van der Waals surface area (Å²) in [6.45, 7) is 3.52. The lowest BCUT2D eigenvalue weighted by Gasteiger charge is -2.20. The molecular formula is C13H19NO3. The van der Waals surface area contributed by atoms with Crippen LogP contribution < -0.4 is 5.32 Å². The van der Waals surface area contributed by atoms with Crippen molar-refractivity contribution in [2.75, 3.05) is 6.61 Å². The van der Waals surface area contributed by atoms with E-state index in [-0.39, 0.29) is 23.6 Å². The Hall–Kier alpha value is -1.26. The maximum atomic E-state index is 9.64. The lowest BCUT2D eigenvalue weighted by molar-refractivity contribution is 0.0831. The molecule has 17 heavy (non-hydrogen) atoms. The Kier molecular flexibility index (Phi) is 3.86. The molecule has 3 N–H and O–H groups in total. The lowest BCUT2D eigenvalue weighted by atomic mass is 10.1. The summed E-state index contributed by atoms with van der Waals surface area (Å²) in [5.41, 5.74) is 0.785. The predicted molar refractivity (Wildman–Crippen MR) is 65.0 cm³/mol. The topological polar surface area (TPSA) is 61.7 Å². The molecule has 2 rings (SSSR count). The van der Waals surface area contributed by atoms with Crippen molar-refractivity contribution in [1.29, 1.82) is 0 Å².